The summed E-state index contributed by atoms with van der Waals surface area (Å²) in [5.41, 5.74) is 1.97. The summed E-state index contributed by atoms with van der Waals surface area (Å²) < 4.78 is 41.4. The summed E-state index contributed by atoms with van der Waals surface area (Å²) in [4.78, 5) is 25.3. The van der Waals surface area contributed by atoms with Crippen molar-refractivity contribution in [1.82, 2.24) is 0 Å². The van der Waals surface area contributed by atoms with Crippen LogP contribution in [0.25, 0.3) is 0 Å². The zero-order valence-electron chi connectivity index (χ0n) is 57.7. The molecule has 2 saturated heterocycles. The first-order chi connectivity index (χ1) is 39.2. The van der Waals surface area contributed by atoms with Crippen LogP contribution in [0.5, 0.6) is 0 Å². The minimum absolute atomic E-state index is 0.00419. The number of ether oxygens (including phenoxy) is 4. The smallest absolute Gasteiger partial charge is 0.335 e. The third kappa shape index (κ3) is 8.40. The van der Waals surface area contributed by atoms with Gasteiger partial charge < -0.3 is 32.9 Å². The first kappa shape index (κ1) is 64.7. The second kappa shape index (κ2) is 21.1. The summed E-state index contributed by atoms with van der Waals surface area (Å²) >= 11 is 0. The average molecular weight is 1200 g/mol. The molecule has 12 aliphatic rings. The van der Waals surface area contributed by atoms with E-state index in [0.29, 0.717) is 75.1 Å². The standard InChI is InChI=1S/C37H64O5Si.C36H62O4Si/c1-12-43(13-2,14-3)42-31-30-29(23(4)21-28(40-30)33(8,9)41-24(5)38)34(10)19-20-37-22-36(37)18-17-27(39)32(6,7)25(36)15-16-26(37)35(31,34)11;1-11-38-31(37)25-21-23(5)28-29(39-25)30(40-41(12-2,13-3)14-4)34(10)27-16-15-26-32(7,8)24(6)17-18-35(26)22-36(27,35)20-19-33(28,34)9/h23,25-31,39H,12-22H2,1-11H3;23-30H,11-22H2,1-10H3/t23-,25+,26+,27?,28-,29+,30+,31+,34-,35-,36-,37+;23-,24?,25-,26+,27+,28+,29+,30+,33-,34-,35-,36+/m11/s1. The highest BCUT2D eigenvalue weighted by molar-refractivity contribution is 6.74. The lowest BCUT2D eigenvalue weighted by atomic mass is 9.41. The number of carbonyl (C=O) groups is 2. The molecule has 24 atom stereocenters. The molecule has 1 N–H and O–H groups in total. The fourth-order valence-electron chi connectivity index (χ4n) is 26.9. The molecule has 0 amide bonds. The predicted molar refractivity (Wildman–Crippen MR) is 342 cm³/mol. The quantitative estimate of drug-likeness (QED) is 0.134. The highest BCUT2D eigenvalue weighted by Gasteiger charge is 2.87. The van der Waals surface area contributed by atoms with Crippen molar-refractivity contribution < 1.29 is 42.5 Å². The van der Waals surface area contributed by atoms with Gasteiger partial charge in [-0.1, -0.05) is 118 Å². The molecule has 0 aromatic carbocycles. The summed E-state index contributed by atoms with van der Waals surface area (Å²) in [5, 5.41) is 11.1. The number of hydrogen-bond acceptors (Lipinski definition) is 9. The van der Waals surface area contributed by atoms with Gasteiger partial charge in [0.1, 0.15) is 5.60 Å². The normalized spacial score (nSPS) is 50.7. The van der Waals surface area contributed by atoms with E-state index in [9.17, 15) is 14.7 Å². The molecule has 10 aliphatic carbocycles. The predicted octanol–water partition coefficient (Wildman–Crippen LogP) is 17.6. The molecule has 12 fully saturated rings. The molecule has 84 heavy (non-hydrogen) atoms. The first-order valence-electron chi connectivity index (χ1n) is 35.9. The Morgan fingerprint density at radius 2 is 0.964 bits per heavy atom. The fourth-order valence-corrected chi connectivity index (χ4v) is 32.7. The number of hydrogen-bond donors (Lipinski definition) is 1. The van der Waals surface area contributed by atoms with Gasteiger partial charge >= 0.3 is 11.9 Å². The van der Waals surface area contributed by atoms with Crippen molar-refractivity contribution in [2.45, 2.75) is 333 Å². The molecule has 0 radical (unpaired) electrons. The first-order valence-corrected chi connectivity index (χ1v) is 41.0. The van der Waals surface area contributed by atoms with E-state index >= 15 is 0 Å². The Hall–Kier alpha value is -0.826. The number of fused-ring (bicyclic) bond motifs is 8. The number of esters is 2. The minimum Gasteiger partial charge on any atom is -0.464 e. The summed E-state index contributed by atoms with van der Waals surface area (Å²) in [6.07, 6.45) is 19.4. The zero-order valence-corrected chi connectivity index (χ0v) is 59.7. The van der Waals surface area contributed by atoms with Crippen LogP contribution in [0.2, 0.25) is 36.3 Å². The van der Waals surface area contributed by atoms with E-state index in [0.717, 1.165) is 67.4 Å². The largest absolute Gasteiger partial charge is 0.464 e. The van der Waals surface area contributed by atoms with Gasteiger partial charge in [-0.2, -0.15) is 0 Å². The average Bonchev–Trinajstić information content (AvgIpc) is 1.47. The molecule has 480 valence electrons. The van der Waals surface area contributed by atoms with E-state index in [1.54, 1.807) is 0 Å². The molecule has 2 unspecified atom stereocenters. The maximum Gasteiger partial charge on any atom is 0.335 e. The Bertz CT molecular complexity index is 2470. The number of aliphatic hydroxyl groups is 1. The van der Waals surface area contributed by atoms with E-state index in [1.807, 2.05) is 20.8 Å². The second-order valence-electron chi connectivity index (χ2n) is 35.1. The van der Waals surface area contributed by atoms with Gasteiger partial charge in [-0.3, -0.25) is 4.79 Å². The molecule has 4 spiro atoms. The molecular weight excluding hydrogens is 1080 g/mol. The van der Waals surface area contributed by atoms with Crippen LogP contribution in [0.3, 0.4) is 0 Å². The van der Waals surface area contributed by atoms with Crippen molar-refractivity contribution in [3.63, 3.8) is 0 Å². The van der Waals surface area contributed by atoms with Crippen molar-refractivity contribution in [3.05, 3.63) is 0 Å². The maximum absolute atomic E-state index is 13.1. The van der Waals surface area contributed by atoms with Crippen molar-refractivity contribution in [2.75, 3.05) is 6.61 Å². The van der Waals surface area contributed by atoms with Gasteiger partial charge in [0.25, 0.3) is 0 Å². The Balaban J connectivity index is 0.000000176. The van der Waals surface area contributed by atoms with Crippen LogP contribution in [0.1, 0.15) is 248 Å². The van der Waals surface area contributed by atoms with Crippen LogP contribution < -0.4 is 0 Å². The lowest BCUT2D eigenvalue weighted by molar-refractivity contribution is -0.209. The third-order valence-electron chi connectivity index (χ3n) is 32.4. The summed E-state index contributed by atoms with van der Waals surface area (Å²) in [6.45, 7) is 50.1. The van der Waals surface area contributed by atoms with Gasteiger partial charge in [-0.05, 0) is 256 Å². The van der Waals surface area contributed by atoms with Gasteiger partial charge in [0.05, 0.1) is 43.2 Å². The topological polar surface area (TPSA) is 110 Å². The van der Waals surface area contributed by atoms with Crippen molar-refractivity contribution >= 4 is 28.6 Å². The number of carbonyl (C=O) groups excluding carboxylic acids is 2. The van der Waals surface area contributed by atoms with Crippen LogP contribution in [-0.4, -0.2) is 88.6 Å². The van der Waals surface area contributed by atoms with Crippen molar-refractivity contribution in [2.24, 2.45) is 107 Å². The van der Waals surface area contributed by atoms with E-state index in [4.69, 9.17) is 27.8 Å². The monoisotopic (exact) mass is 1200 g/mol. The summed E-state index contributed by atoms with van der Waals surface area (Å²) in [5.74, 6) is 5.01. The van der Waals surface area contributed by atoms with Gasteiger partial charge in [0, 0.05) is 17.8 Å². The van der Waals surface area contributed by atoms with Gasteiger partial charge in [0.15, 0.2) is 22.7 Å². The van der Waals surface area contributed by atoms with E-state index in [-0.39, 0.29) is 75.6 Å². The minimum atomic E-state index is -1.97. The van der Waals surface area contributed by atoms with Crippen molar-refractivity contribution in [1.29, 1.82) is 0 Å². The van der Waals surface area contributed by atoms with Crippen molar-refractivity contribution in [3.8, 4) is 0 Å². The molecule has 12 rings (SSSR count). The number of aliphatic hydroxyl groups excluding tert-OH is 1. The molecule has 0 bridgehead atoms. The number of rotatable bonds is 14. The highest BCUT2D eigenvalue weighted by atomic mass is 28.4. The van der Waals surface area contributed by atoms with Crippen LogP contribution in [0, 0.1) is 107 Å². The molecule has 2 heterocycles. The zero-order chi connectivity index (χ0) is 61.4. The molecule has 2 aliphatic heterocycles. The lowest BCUT2D eigenvalue weighted by Crippen LogP contribution is -2.61. The fraction of sp³-hybridized carbons (Fsp3) is 0.973. The Morgan fingerprint density at radius 1 is 0.548 bits per heavy atom. The Labute approximate surface area is 515 Å². The van der Waals surface area contributed by atoms with Crippen LogP contribution >= 0.6 is 0 Å². The van der Waals surface area contributed by atoms with Crippen LogP contribution in [0.4, 0.5) is 0 Å². The molecule has 0 aromatic heterocycles. The molecule has 9 nitrogen and oxygen atoms in total. The Kier molecular flexibility index (Phi) is 16.3. The van der Waals surface area contributed by atoms with Gasteiger partial charge in [-0.15, -0.1) is 0 Å². The summed E-state index contributed by atoms with van der Waals surface area (Å²) in [6, 6.07) is 6.91. The van der Waals surface area contributed by atoms with Crippen LogP contribution in [0.15, 0.2) is 0 Å². The SMILES string of the molecule is CCOC(=O)[C@H]1C[C@@H](C)[C@H]2[C@H](O1)[C@H](O[Si](CC)(CC)CC)[C@@]1(C)[C@@H]3CC[C@H]4C(C)(C)C(C)CC[C@@]45C[C@@]35CC[C@]21C.CC[Si](CC)(CC)O[C@H]1[C@H]2O[C@@H](C(C)(C)OC(C)=O)C[C@@H](C)[C@@H]2[C@@]2(C)CC[C@@]34C[C@@]35CCC(O)C(C)(C)[C@@H]5CC[C@H]4[C@]12C. The van der Waals surface area contributed by atoms with E-state index < -0.39 is 28.3 Å². The van der Waals surface area contributed by atoms with Gasteiger partial charge in [0.2, 0.25) is 0 Å². The van der Waals surface area contributed by atoms with E-state index in [1.165, 1.54) is 90.4 Å². The Morgan fingerprint density at radius 3 is 1.42 bits per heavy atom. The molecule has 0 aromatic rings. The molecule has 11 heteroatoms. The van der Waals surface area contributed by atoms with Gasteiger partial charge in [-0.25, -0.2) is 4.79 Å². The highest BCUT2D eigenvalue weighted by Crippen LogP contribution is 2.91. The lowest BCUT2D eigenvalue weighted by Gasteiger charge is -2.64. The maximum atomic E-state index is 13.1. The van der Waals surface area contributed by atoms with E-state index in [2.05, 4.69) is 118 Å². The third-order valence-corrected chi connectivity index (χ3v) is 41.6. The second-order valence-corrected chi connectivity index (χ2v) is 44.5. The molecular formula is C73H126O9Si2. The van der Waals surface area contributed by atoms with Crippen LogP contribution in [-0.2, 0) is 37.4 Å². The summed E-state index contributed by atoms with van der Waals surface area (Å²) in [7, 11) is -3.90. The molecule has 10 saturated carbocycles.